The van der Waals surface area contributed by atoms with Gasteiger partial charge in [-0.1, -0.05) is 0 Å². The van der Waals surface area contributed by atoms with Gasteiger partial charge in [-0.3, -0.25) is 23.3 Å². The van der Waals surface area contributed by atoms with E-state index in [0.717, 1.165) is 15.1 Å². The number of benzene rings is 1. The molecule has 144 valence electrons. The molecule has 0 fully saturated rings. The zero-order valence-corrected chi connectivity index (χ0v) is 15.8. The van der Waals surface area contributed by atoms with Crippen molar-refractivity contribution in [2.24, 2.45) is 19.2 Å². The quantitative estimate of drug-likeness (QED) is 0.630. The van der Waals surface area contributed by atoms with Gasteiger partial charge in [0.25, 0.3) is 5.56 Å². The molecule has 0 N–H and O–H groups in total. The van der Waals surface area contributed by atoms with Gasteiger partial charge in [-0.2, -0.15) is 15.1 Å². The predicted molar refractivity (Wildman–Crippen MR) is 103 cm³/mol. The molecule has 0 spiro atoms. The van der Waals surface area contributed by atoms with Gasteiger partial charge in [0.2, 0.25) is 11.9 Å². The molecule has 10 heteroatoms. The van der Waals surface area contributed by atoms with Crippen LogP contribution in [-0.4, -0.2) is 37.4 Å². The van der Waals surface area contributed by atoms with Crippen molar-refractivity contribution in [3.8, 4) is 5.75 Å². The summed E-state index contributed by atoms with van der Waals surface area (Å²) in [7, 11) is 4.52. The number of hydrogen-bond donors (Lipinski definition) is 0. The predicted octanol–water partition coefficient (Wildman–Crippen LogP) is 0.213. The highest BCUT2D eigenvalue weighted by Crippen LogP contribution is 2.26. The topological polar surface area (TPSA) is 104 Å². The molecule has 0 radical (unpaired) electrons. The third-order valence-corrected chi connectivity index (χ3v) is 4.77. The number of imidazole rings is 1. The molecule has 1 amide bonds. The van der Waals surface area contributed by atoms with Crippen molar-refractivity contribution in [1.29, 1.82) is 0 Å². The van der Waals surface area contributed by atoms with Gasteiger partial charge in [0.15, 0.2) is 11.2 Å². The molecule has 28 heavy (non-hydrogen) atoms. The first-order valence-electron chi connectivity index (χ1n) is 8.52. The normalized spacial score (nSPS) is 13.4. The minimum atomic E-state index is -0.487. The molecule has 1 aliphatic heterocycles. The minimum Gasteiger partial charge on any atom is -0.497 e. The molecule has 3 heterocycles. The number of methoxy groups -OCH3 is 1. The van der Waals surface area contributed by atoms with Crippen LogP contribution in [0.2, 0.25) is 0 Å². The molecule has 1 aliphatic rings. The molecule has 10 nitrogen and oxygen atoms in total. The second kappa shape index (κ2) is 6.19. The van der Waals surface area contributed by atoms with Crippen LogP contribution >= 0.6 is 0 Å². The minimum absolute atomic E-state index is 0.207. The molecule has 0 saturated heterocycles. The van der Waals surface area contributed by atoms with Gasteiger partial charge in [0.1, 0.15) is 5.75 Å². The average Bonchev–Trinajstić information content (AvgIpc) is 3.09. The third-order valence-electron chi connectivity index (χ3n) is 4.77. The van der Waals surface area contributed by atoms with E-state index >= 15 is 0 Å². The van der Waals surface area contributed by atoms with Gasteiger partial charge in [0, 0.05) is 21.0 Å². The molecule has 3 aromatic rings. The second-order valence-electron chi connectivity index (χ2n) is 6.48. The van der Waals surface area contributed by atoms with Gasteiger partial charge in [0.05, 0.1) is 19.4 Å². The Kier molecular flexibility index (Phi) is 3.91. The molecular weight excluding hydrogens is 364 g/mol. The maximum Gasteiger partial charge on any atom is 0.332 e. The molecule has 1 aromatic carbocycles. The fourth-order valence-electron chi connectivity index (χ4n) is 3.24. The second-order valence-corrected chi connectivity index (χ2v) is 6.48. The van der Waals surface area contributed by atoms with Crippen LogP contribution in [0.15, 0.2) is 39.0 Å². The smallest absolute Gasteiger partial charge is 0.332 e. The Morgan fingerprint density at radius 2 is 1.79 bits per heavy atom. The summed E-state index contributed by atoms with van der Waals surface area (Å²) in [5, 5.41) is 5.57. The fourth-order valence-corrected chi connectivity index (χ4v) is 3.24. The highest BCUT2D eigenvalue weighted by atomic mass is 16.5. The van der Waals surface area contributed by atoms with Crippen LogP contribution in [0.4, 0.5) is 5.95 Å². The van der Waals surface area contributed by atoms with Crippen molar-refractivity contribution in [2.45, 2.75) is 13.5 Å². The van der Waals surface area contributed by atoms with E-state index in [1.807, 2.05) is 12.1 Å². The average molecular weight is 382 g/mol. The Labute approximate surface area is 158 Å². The number of hydrazone groups is 1. The monoisotopic (exact) mass is 382 g/mol. The number of fused-ring (bicyclic) bond motifs is 3. The summed E-state index contributed by atoms with van der Waals surface area (Å²) in [6.45, 7) is 1.59. The van der Waals surface area contributed by atoms with Gasteiger partial charge in [-0.05, 0) is 29.8 Å². The lowest BCUT2D eigenvalue weighted by Crippen LogP contribution is -2.38. The number of carbonyl (C=O) groups is 1. The lowest BCUT2D eigenvalue weighted by atomic mass is 10.1. The number of nitrogens with zero attached hydrogens (tertiary/aromatic N) is 6. The van der Waals surface area contributed by atoms with Crippen LogP contribution in [0.1, 0.15) is 12.5 Å². The molecule has 0 aliphatic carbocycles. The maximum absolute atomic E-state index is 12.8. The first-order valence-corrected chi connectivity index (χ1v) is 8.52. The van der Waals surface area contributed by atoms with E-state index in [1.165, 1.54) is 25.6 Å². The van der Waals surface area contributed by atoms with E-state index in [0.29, 0.717) is 11.5 Å². The van der Waals surface area contributed by atoms with Crippen molar-refractivity contribution >= 4 is 28.7 Å². The Balaban J connectivity index is 1.96. The van der Waals surface area contributed by atoms with Crippen molar-refractivity contribution in [2.75, 3.05) is 12.1 Å². The Bertz CT molecular complexity index is 1260. The van der Waals surface area contributed by atoms with Crippen LogP contribution in [0.3, 0.4) is 0 Å². The Morgan fingerprint density at radius 1 is 1.11 bits per heavy atom. The zero-order chi connectivity index (χ0) is 20.2. The van der Waals surface area contributed by atoms with Crippen molar-refractivity contribution < 1.29 is 9.53 Å². The van der Waals surface area contributed by atoms with Crippen LogP contribution < -0.4 is 21.0 Å². The Hall–Kier alpha value is -3.69. The summed E-state index contributed by atoms with van der Waals surface area (Å²) < 4.78 is 9.10. The van der Waals surface area contributed by atoms with E-state index in [2.05, 4.69) is 10.1 Å². The van der Waals surface area contributed by atoms with Gasteiger partial charge >= 0.3 is 5.69 Å². The molecule has 2 aromatic heterocycles. The van der Waals surface area contributed by atoms with Gasteiger partial charge in [-0.25, -0.2) is 4.79 Å². The van der Waals surface area contributed by atoms with Gasteiger partial charge < -0.3 is 4.74 Å². The molecule has 4 rings (SSSR count). The van der Waals surface area contributed by atoms with E-state index in [-0.39, 0.29) is 29.6 Å². The molecule has 0 saturated carbocycles. The van der Waals surface area contributed by atoms with Crippen molar-refractivity contribution in [3.05, 3.63) is 50.7 Å². The summed E-state index contributed by atoms with van der Waals surface area (Å²) in [4.78, 5) is 41.6. The zero-order valence-electron chi connectivity index (χ0n) is 15.8. The van der Waals surface area contributed by atoms with E-state index < -0.39 is 11.2 Å². The molecule has 0 atom stereocenters. The lowest BCUT2D eigenvalue weighted by Gasteiger charge is -2.23. The highest BCUT2D eigenvalue weighted by molar-refractivity contribution is 6.06. The summed E-state index contributed by atoms with van der Waals surface area (Å²) in [6.07, 6.45) is 0. The highest BCUT2D eigenvalue weighted by Gasteiger charge is 2.29. The number of aryl methyl sites for hydroxylation is 1. The molecule has 0 bridgehead atoms. The first-order chi connectivity index (χ1) is 13.3. The van der Waals surface area contributed by atoms with E-state index in [9.17, 15) is 14.4 Å². The van der Waals surface area contributed by atoms with Gasteiger partial charge in [-0.15, -0.1) is 0 Å². The lowest BCUT2D eigenvalue weighted by molar-refractivity contribution is -0.116. The number of anilines is 1. The number of rotatable bonds is 2. The van der Waals surface area contributed by atoms with Crippen LogP contribution in [0.25, 0.3) is 11.2 Å². The number of ether oxygens (including phenoxy) is 1. The number of hydrogen-bond acceptors (Lipinski definition) is 6. The van der Waals surface area contributed by atoms with Crippen LogP contribution in [0.5, 0.6) is 5.75 Å². The summed E-state index contributed by atoms with van der Waals surface area (Å²) in [5.74, 6) is 0.545. The standard InChI is InChI=1S/C18H18N6O4/c1-10(25)24-17-19-15-14(16(26)22(3)18(27)21(15)2)23(17)9-13(20-24)11-5-7-12(28-4)8-6-11/h5-8H,9H2,1-4H3. The third kappa shape index (κ3) is 2.45. The number of amides is 1. The number of aromatic nitrogens is 4. The van der Waals surface area contributed by atoms with Crippen LogP contribution in [-0.2, 0) is 25.4 Å². The van der Waals surface area contributed by atoms with E-state index in [4.69, 9.17) is 4.74 Å². The van der Waals surface area contributed by atoms with Crippen LogP contribution in [0, 0.1) is 0 Å². The van der Waals surface area contributed by atoms with Crippen molar-refractivity contribution in [1.82, 2.24) is 18.7 Å². The fraction of sp³-hybridized carbons (Fsp3) is 0.278. The van der Waals surface area contributed by atoms with Crippen molar-refractivity contribution in [3.63, 3.8) is 0 Å². The largest absolute Gasteiger partial charge is 0.497 e. The maximum atomic E-state index is 12.8. The number of carbonyl (C=O) groups excluding carboxylic acids is 1. The first kappa shape index (κ1) is 17.7. The molecular formula is C18H18N6O4. The molecule has 0 unspecified atom stereocenters. The summed E-state index contributed by atoms with van der Waals surface area (Å²) in [5.41, 5.74) is 0.851. The SMILES string of the molecule is COc1ccc(C2=NN(C(C)=O)c3nc4c(c(=O)n(C)c(=O)n4C)n3C2)cc1. The van der Waals surface area contributed by atoms with E-state index in [1.54, 1.807) is 23.8 Å². The summed E-state index contributed by atoms with van der Waals surface area (Å²) in [6, 6.07) is 7.24. The summed E-state index contributed by atoms with van der Waals surface area (Å²) >= 11 is 0. The Morgan fingerprint density at radius 3 is 2.39 bits per heavy atom.